The van der Waals surface area contributed by atoms with Crippen molar-refractivity contribution < 1.29 is 4.79 Å². The van der Waals surface area contributed by atoms with Gasteiger partial charge in [-0.1, -0.05) is 40.5 Å². The van der Waals surface area contributed by atoms with Crippen molar-refractivity contribution in [1.82, 2.24) is 5.32 Å². The summed E-state index contributed by atoms with van der Waals surface area (Å²) in [5.74, 6) is 1.43. The third kappa shape index (κ3) is 6.93. The van der Waals surface area contributed by atoms with Crippen LogP contribution < -0.4 is 5.32 Å². The molecule has 0 heterocycles. The first-order valence-electron chi connectivity index (χ1n) is 5.86. The molecular formula is C12H25NO. The van der Waals surface area contributed by atoms with Crippen molar-refractivity contribution in [3.8, 4) is 0 Å². The van der Waals surface area contributed by atoms with Crippen molar-refractivity contribution in [2.75, 3.05) is 6.54 Å². The van der Waals surface area contributed by atoms with Crippen LogP contribution in [0.15, 0.2) is 0 Å². The number of carbonyl (C=O) groups excluding carboxylic acids is 1. The summed E-state index contributed by atoms with van der Waals surface area (Å²) in [6, 6.07) is 0. The molecular weight excluding hydrogens is 174 g/mol. The summed E-state index contributed by atoms with van der Waals surface area (Å²) in [5, 5.41) is 2.97. The minimum absolute atomic E-state index is 0.200. The van der Waals surface area contributed by atoms with Crippen LogP contribution in [-0.2, 0) is 4.79 Å². The quantitative estimate of drug-likeness (QED) is 0.671. The normalized spacial score (nSPS) is 11.0. The molecule has 0 aromatic rings. The van der Waals surface area contributed by atoms with Crippen LogP contribution in [0, 0.1) is 11.8 Å². The highest BCUT2D eigenvalue weighted by atomic mass is 16.1. The van der Waals surface area contributed by atoms with Gasteiger partial charge >= 0.3 is 0 Å². The molecule has 2 nitrogen and oxygen atoms in total. The van der Waals surface area contributed by atoms with Gasteiger partial charge in [-0.2, -0.15) is 0 Å². The van der Waals surface area contributed by atoms with Gasteiger partial charge in [-0.15, -0.1) is 0 Å². The van der Waals surface area contributed by atoms with Crippen LogP contribution >= 0.6 is 0 Å². The second-order valence-corrected chi connectivity index (χ2v) is 4.42. The topological polar surface area (TPSA) is 29.1 Å². The zero-order valence-corrected chi connectivity index (χ0v) is 10.1. The number of rotatable bonds is 7. The van der Waals surface area contributed by atoms with Crippen molar-refractivity contribution in [1.29, 1.82) is 0 Å². The Morgan fingerprint density at radius 3 is 2.21 bits per heavy atom. The molecule has 0 saturated carbocycles. The monoisotopic (exact) mass is 199 g/mol. The van der Waals surface area contributed by atoms with E-state index < -0.39 is 0 Å². The molecule has 2 heteroatoms. The Kier molecular flexibility index (Phi) is 7.54. The van der Waals surface area contributed by atoms with Crippen LogP contribution in [0.1, 0.15) is 53.4 Å². The van der Waals surface area contributed by atoms with Crippen LogP contribution in [0.2, 0.25) is 0 Å². The van der Waals surface area contributed by atoms with E-state index in [9.17, 15) is 4.79 Å². The van der Waals surface area contributed by atoms with E-state index in [1.54, 1.807) is 0 Å². The van der Waals surface area contributed by atoms with E-state index in [-0.39, 0.29) is 5.91 Å². The zero-order chi connectivity index (χ0) is 11.0. The van der Waals surface area contributed by atoms with E-state index in [0.29, 0.717) is 12.3 Å². The van der Waals surface area contributed by atoms with Gasteiger partial charge in [0.15, 0.2) is 0 Å². The lowest BCUT2D eigenvalue weighted by Crippen LogP contribution is -2.26. The first-order valence-corrected chi connectivity index (χ1v) is 5.86. The fourth-order valence-corrected chi connectivity index (χ4v) is 1.56. The summed E-state index contributed by atoms with van der Waals surface area (Å²) >= 11 is 0. The number of hydrogen-bond acceptors (Lipinski definition) is 1. The molecule has 0 rings (SSSR count). The maximum Gasteiger partial charge on any atom is 0.220 e. The van der Waals surface area contributed by atoms with E-state index in [1.165, 1.54) is 12.8 Å². The molecule has 0 aliphatic rings. The summed E-state index contributed by atoms with van der Waals surface area (Å²) in [7, 11) is 0. The van der Waals surface area contributed by atoms with Crippen LogP contribution in [0.25, 0.3) is 0 Å². The van der Waals surface area contributed by atoms with Gasteiger partial charge in [0, 0.05) is 13.0 Å². The number of hydrogen-bond donors (Lipinski definition) is 1. The lowest BCUT2D eigenvalue weighted by molar-refractivity contribution is -0.121. The molecule has 0 atom stereocenters. The van der Waals surface area contributed by atoms with Gasteiger partial charge in [-0.05, 0) is 18.3 Å². The van der Waals surface area contributed by atoms with Crippen molar-refractivity contribution in [2.24, 2.45) is 11.8 Å². The van der Waals surface area contributed by atoms with Gasteiger partial charge in [-0.3, -0.25) is 4.79 Å². The van der Waals surface area contributed by atoms with Gasteiger partial charge in [0.1, 0.15) is 0 Å². The minimum atomic E-state index is 0.200. The molecule has 0 unspecified atom stereocenters. The minimum Gasteiger partial charge on any atom is -0.356 e. The van der Waals surface area contributed by atoms with Crippen LogP contribution in [-0.4, -0.2) is 12.5 Å². The van der Waals surface area contributed by atoms with Crippen LogP contribution in [0.5, 0.6) is 0 Å². The summed E-state index contributed by atoms with van der Waals surface area (Å²) in [6.07, 6.45) is 4.22. The number of amides is 1. The van der Waals surface area contributed by atoms with Gasteiger partial charge in [0.05, 0.1) is 0 Å². The van der Waals surface area contributed by atoms with Crippen molar-refractivity contribution in [3.05, 3.63) is 0 Å². The smallest absolute Gasteiger partial charge is 0.220 e. The zero-order valence-electron chi connectivity index (χ0n) is 10.1. The molecule has 0 bridgehead atoms. The fraction of sp³-hybridized carbons (Fsp3) is 0.917. The average Bonchev–Trinajstić information content (AvgIpc) is 2.11. The molecule has 1 amide bonds. The largest absolute Gasteiger partial charge is 0.356 e. The predicted octanol–water partition coefficient (Wildman–Crippen LogP) is 2.98. The van der Waals surface area contributed by atoms with Gasteiger partial charge in [0.2, 0.25) is 5.91 Å². The third-order valence-electron chi connectivity index (χ3n) is 2.62. The van der Waals surface area contributed by atoms with Gasteiger partial charge in [-0.25, -0.2) is 0 Å². The second-order valence-electron chi connectivity index (χ2n) is 4.42. The Labute approximate surface area is 88.5 Å². The van der Waals surface area contributed by atoms with Crippen molar-refractivity contribution in [3.63, 3.8) is 0 Å². The molecule has 84 valence electrons. The lowest BCUT2D eigenvalue weighted by atomic mass is 9.99. The maximum absolute atomic E-state index is 11.3. The standard InChI is InChI=1S/C12H25NO/c1-5-11(6-2)7-8-13-12(14)9-10(3)4/h10-11H,5-9H2,1-4H3,(H,13,14). The van der Waals surface area contributed by atoms with E-state index in [1.807, 2.05) is 0 Å². The molecule has 0 spiro atoms. The summed E-state index contributed by atoms with van der Waals surface area (Å²) < 4.78 is 0. The average molecular weight is 199 g/mol. The number of nitrogens with one attached hydrogen (secondary N) is 1. The summed E-state index contributed by atoms with van der Waals surface area (Å²) in [5.41, 5.74) is 0. The summed E-state index contributed by atoms with van der Waals surface area (Å²) in [6.45, 7) is 9.41. The van der Waals surface area contributed by atoms with E-state index in [2.05, 4.69) is 33.0 Å². The second kappa shape index (κ2) is 7.84. The Bertz CT molecular complexity index is 150. The fourth-order valence-electron chi connectivity index (χ4n) is 1.56. The predicted molar refractivity (Wildman–Crippen MR) is 61.2 cm³/mol. The first-order chi connectivity index (χ1) is 6.60. The Morgan fingerprint density at radius 2 is 1.79 bits per heavy atom. The van der Waals surface area contributed by atoms with Gasteiger partial charge < -0.3 is 5.32 Å². The van der Waals surface area contributed by atoms with Crippen molar-refractivity contribution >= 4 is 5.91 Å². The molecule has 14 heavy (non-hydrogen) atoms. The molecule has 0 aliphatic heterocycles. The molecule has 0 saturated heterocycles. The molecule has 0 aromatic heterocycles. The van der Waals surface area contributed by atoms with E-state index in [0.717, 1.165) is 18.9 Å². The van der Waals surface area contributed by atoms with Crippen molar-refractivity contribution in [2.45, 2.75) is 53.4 Å². The summed E-state index contributed by atoms with van der Waals surface area (Å²) in [4.78, 5) is 11.3. The maximum atomic E-state index is 11.3. The molecule has 0 fully saturated rings. The SMILES string of the molecule is CCC(CC)CCNC(=O)CC(C)C. The highest BCUT2D eigenvalue weighted by Crippen LogP contribution is 2.11. The Balaban J connectivity index is 3.48. The molecule has 0 radical (unpaired) electrons. The van der Waals surface area contributed by atoms with Crippen LogP contribution in [0.3, 0.4) is 0 Å². The molecule has 0 aromatic carbocycles. The Morgan fingerprint density at radius 1 is 1.21 bits per heavy atom. The van der Waals surface area contributed by atoms with Crippen LogP contribution in [0.4, 0.5) is 0 Å². The van der Waals surface area contributed by atoms with E-state index in [4.69, 9.17) is 0 Å². The third-order valence-corrected chi connectivity index (χ3v) is 2.62. The first kappa shape index (κ1) is 13.5. The van der Waals surface area contributed by atoms with E-state index >= 15 is 0 Å². The van der Waals surface area contributed by atoms with Gasteiger partial charge in [0.25, 0.3) is 0 Å². The molecule has 0 aliphatic carbocycles. The molecule has 1 N–H and O–H groups in total. The highest BCUT2D eigenvalue weighted by Gasteiger charge is 2.06. The number of carbonyl (C=O) groups is 1. The highest BCUT2D eigenvalue weighted by molar-refractivity contribution is 5.75. The Hall–Kier alpha value is -0.530. The lowest BCUT2D eigenvalue weighted by Gasteiger charge is -2.12.